The first-order valence-corrected chi connectivity index (χ1v) is 6.73. The summed E-state index contributed by atoms with van der Waals surface area (Å²) in [5.74, 6) is 0.651. The molecule has 0 saturated carbocycles. The van der Waals surface area contributed by atoms with Crippen LogP contribution in [-0.4, -0.2) is 42.9 Å². The lowest BCUT2D eigenvalue weighted by Gasteiger charge is -2.29. The fourth-order valence-electron chi connectivity index (χ4n) is 1.24. The van der Waals surface area contributed by atoms with Crippen LogP contribution in [0.2, 0.25) is 0 Å². The van der Waals surface area contributed by atoms with Gasteiger partial charge in [0.1, 0.15) is 0 Å². The summed E-state index contributed by atoms with van der Waals surface area (Å²) in [5.41, 5.74) is -0.340. The van der Waals surface area contributed by atoms with Crippen LogP contribution in [0.15, 0.2) is 0 Å². The van der Waals surface area contributed by atoms with Gasteiger partial charge in [0.15, 0.2) is 5.13 Å². The molecule has 1 unspecified atom stereocenters. The zero-order chi connectivity index (χ0) is 13.9. The molecule has 0 aliphatic rings. The van der Waals surface area contributed by atoms with Gasteiger partial charge in [-0.2, -0.15) is 4.98 Å². The van der Waals surface area contributed by atoms with E-state index in [1.165, 1.54) is 0 Å². The van der Waals surface area contributed by atoms with Crippen LogP contribution in [0.1, 0.15) is 25.6 Å². The van der Waals surface area contributed by atoms with E-state index in [9.17, 15) is 5.11 Å². The fraction of sp³-hybridized carbons (Fsp3) is 0.750. The summed E-state index contributed by atoms with van der Waals surface area (Å²) in [5, 5.41) is 13.9. The standard InChI is InChI=1S/C12H23N3O2S/c1-8(16)12(2,3)13-7-9-10(17-6)14-11(18-9)15(4)5/h8,13,16H,7H2,1-6H3. The Labute approximate surface area is 113 Å². The monoisotopic (exact) mass is 273 g/mol. The minimum atomic E-state index is -0.426. The van der Waals surface area contributed by atoms with E-state index in [0.29, 0.717) is 12.4 Å². The third-order valence-electron chi connectivity index (χ3n) is 2.98. The predicted molar refractivity (Wildman–Crippen MR) is 75.6 cm³/mol. The van der Waals surface area contributed by atoms with Gasteiger partial charge >= 0.3 is 0 Å². The molecule has 1 aromatic rings. The maximum atomic E-state index is 9.66. The molecule has 0 aliphatic heterocycles. The molecular weight excluding hydrogens is 250 g/mol. The number of anilines is 1. The average molecular weight is 273 g/mol. The second-order valence-electron chi connectivity index (χ2n) is 5.07. The van der Waals surface area contributed by atoms with Crippen LogP contribution in [0.25, 0.3) is 0 Å². The van der Waals surface area contributed by atoms with Gasteiger partial charge in [0, 0.05) is 26.2 Å². The molecule has 6 heteroatoms. The van der Waals surface area contributed by atoms with E-state index in [2.05, 4.69) is 10.3 Å². The van der Waals surface area contributed by atoms with Crippen molar-refractivity contribution in [2.24, 2.45) is 0 Å². The Morgan fingerprint density at radius 1 is 1.50 bits per heavy atom. The third-order valence-corrected chi connectivity index (χ3v) is 4.18. The number of thiazole rings is 1. The summed E-state index contributed by atoms with van der Waals surface area (Å²) in [6.45, 7) is 6.35. The summed E-state index contributed by atoms with van der Waals surface area (Å²) < 4.78 is 5.27. The van der Waals surface area contributed by atoms with Gasteiger partial charge in [0.25, 0.3) is 0 Å². The van der Waals surface area contributed by atoms with Crippen LogP contribution in [0.5, 0.6) is 5.88 Å². The molecule has 0 aliphatic carbocycles. The molecule has 104 valence electrons. The summed E-state index contributed by atoms with van der Waals surface area (Å²) in [6.07, 6.45) is -0.426. The van der Waals surface area contributed by atoms with E-state index in [4.69, 9.17) is 4.74 Å². The van der Waals surface area contributed by atoms with Gasteiger partial charge in [0.05, 0.1) is 18.1 Å². The number of ether oxygens (including phenoxy) is 1. The van der Waals surface area contributed by atoms with Gasteiger partial charge in [-0.3, -0.25) is 0 Å². The number of aromatic nitrogens is 1. The van der Waals surface area contributed by atoms with Gasteiger partial charge in [-0.25, -0.2) is 0 Å². The van der Waals surface area contributed by atoms with Crippen LogP contribution in [-0.2, 0) is 6.54 Å². The number of aliphatic hydroxyl groups excluding tert-OH is 1. The van der Waals surface area contributed by atoms with Crippen molar-refractivity contribution in [2.45, 2.75) is 39.0 Å². The van der Waals surface area contributed by atoms with E-state index < -0.39 is 6.10 Å². The average Bonchev–Trinajstić information content (AvgIpc) is 2.69. The molecule has 1 atom stereocenters. The second kappa shape index (κ2) is 5.86. The van der Waals surface area contributed by atoms with Crippen LogP contribution < -0.4 is 15.0 Å². The topological polar surface area (TPSA) is 57.6 Å². The van der Waals surface area contributed by atoms with Crippen molar-refractivity contribution in [1.29, 1.82) is 0 Å². The van der Waals surface area contributed by atoms with Crippen molar-refractivity contribution in [2.75, 3.05) is 26.1 Å². The van der Waals surface area contributed by atoms with Crippen LogP contribution in [0.3, 0.4) is 0 Å². The van der Waals surface area contributed by atoms with E-state index >= 15 is 0 Å². The number of methoxy groups -OCH3 is 1. The van der Waals surface area contributed by atoms with Crippen LogP contribution >= 0.6 is 11.3 Å². The highest BCUT2D eigenvalue weighted by molar-refractivity contribution is 7.15. The first-order chi connectivity index (χ1) is 8.27. The highest BCUT2D eigenvalue weighted by Crippen LogP contribution is 2.30. The number of nitrogens with one attached hydrogen (secondary N) is 1. The van der Waals surface area contributed by atoms with Crippen molar-refractivity contribution in [1.82, 2.24) is 10.3 Å². The van der Waals surface area contributed by atoms with E-state index in [1.54, 1.807) is 25.4 Å². The molecule has 1 heterocycles. The molecule has 0 radical (unpaired) electrons. The van der Waals surface area contributed by atoms with E-state index in [1.807, 2.05) is 32.8 Å². The fourth-order valence-corrected chi connectivity index (χ4v) is 2.14. The maximum absolute atomic E-state index is 9.66. The molecule has 18 heavy (non-hydrogen) atoms. The second-order valence-corrected chi connectivity index (χ2v) is 6.14. The molecule has 0 bridgehead atoms. The first-order valence-electron chi connectivity index (χ1n) is 5.92. The zero-order valence-corrected chi connectivity index (χ0v) is 12.8. The third kappa shape index (κ3) is 3.57. The molecule has 0 aromatic carbocycles. The quantitative estimate of drug-likeness (QED) is 0.822. The lowest BCUT2D eigenvalue weighted by molar-refractivity contribution is 0.0957. The largest absolute Gasteiger partial charge is 0.480 e. The summed E-state index contributed by atoms with van der Waals surface area (Å²) in [7, 11) is 5.53. The Bertz CT molecular complexity index is 389. The van der Waals surface area contributed by atoms with E-state index in [0.717, 1.165) is 10.0 Å². The molecule has 1 rings (SSSR count). The van der Waals surface area contributed by atoms with Gasteiger partial charge in [0.2, 0.25) is 5.88 Å². The Balaban J connectivity index is 2.78. The minimum Gasteiger partial charge on any atom is -0.480 e. The predicted octanol–water partition coefficient (Wildman–Crippen LogP) is 1.47. The van der Waals surface area contributed by atoms with Crippen molar-refractivity contribution >= 4 is 16.5 Å². The summed E-state index contributed by atoms with van der Waals surface area (Å²) in [6, 6.07) is 0. The van der Waals surface area contributed by atoms with Gasteiger partial charge in [-0.05, 0) is 20.8 Å². The molecule has 0 spiro atoms. The number of aliphatic hydroxyl groups is 1. The number of hydrogen-bond acceptors (Lipinski definition) is 6. The normalized spacial score (nSPS) is 13.5. The Morgan fingerprint density at radius 3 is 2.56 bits per heavy atom. The summed E-state index contributed by atoms with van der Waals surface area (Å²) in [4.78, 5) is 7.39. The molecule has 1 aromatic heterocycles. The van der Waals surface area contributed by atoms with Crippen LogP contribution in [0, 0.1) is 0 Å². The molecule has 0 saturated heterocycles. The Morgan fingerprint density at radius 2 is 2.11 bits per heavy atom. The SMILES string of the molecule is COc1nc(N(C)C)sc1CNC(C)(C)C(C)O. The Hall–Kier alpha value is -0.850. The number of nitrogens with zero attached hydrogens (tertiary/aromatic N) is 2. The molecule has 0 amide bonds. The first kappa shape index (κ1) is 15.2. The minimum absolute atomic E-state index is 0.340. The molecule has 0 fully saturated rings. The smallest absolute Gasteiger partial charge is 0.230 e. The van der Waals surface area contributed by atoms with Gasteiger partial charge in [-0.1, -0.05) is 11.3 Å². The Kier molecular flexibility index (Phi) is 4.95. The van der Waals surface area contributed by atoms with Gasteiger partial charge < -0.3 is 20.1 Å². The molecule has 2 N–H and O–H groups in total. The number of rotatable bonds is 6. The molecule has 5 nitrogen and oxygen atoms in total. The summed E-state index contributed by atoms with van der Waals surface area (Å²) >= 11 is 1.59. The van der Waals surface area contributed by atoms with Crippen molar-refractivity contribution < 1.29 is 9.84 Å². The lowest BCUT2D eigenvalue weighted by Crippen LogP contribution is -2.47. The van der Waals surface area contributed by atoms with Crippen molar-refractivity contribution in [3.05, 3.63) is 4.88 Å². The van der Waals surface area contributed by atoms with Gasteiger partial charge in [-0.15, -0.1) is 0 Å². The lowest BCUT2D eigenvalue weighted by atomic mass is 9.99. The van der Waals surface area contributed by atoms with Crippen molar-refractivity contribution in [3.8, 4) is 5.88 Å². The molecular formula is C12H23N3O2S. The van der Waals surface area contributed by atoms with Crippen LogP contribution in [0.4, 0.5) is 5.13 Å². The highest BCUT2D eigenvalue weighted by Gasteiger charge is 2.24. The van der Waals surface area contributed by atoms with Crippen molar-refractivity contribution in [3.63, 3.8) is 0 Å². The zero-order valence-electron chi connectivity index (χ0n) is 11.9. The highest BCUT2D eigenvalue weighted by atomic mass is 32.1. The number of hydrogen-bond donors (Lipinski definition) is 2. The maximum Gasteiger partial charge on any atom is 0.230 e. The van der Waals surface area contributed by atoms with E-state index in [-0.39, 0.29) is 5.54 Å².